The van der Waals surface area contributed by atoms with Crippen molar-refractivity contribution in [2.24, 2.45) is 0 Å². The Morgan fingerprint density at radius 2 is 1.53 bits per heavy atom. The third-order valence-corrected chi connectivity index (χ3v) is 5.95. The molecule has 0 spiro atoms. The normalized spacial score (nSPS) is 16.2. The van der Waals surface area contributed by atoms with Crippen molar-refractivity contribution >= 4 is 11.8 Å². The Balaban J connectivity index is 1.52. The van der Waals surface area contributed by atoms with Gasteiger partial charge in [-0.15, -0.1) is 0 Å². The second-order valence-corrected chi connectivity index (χ2v) is 8.10. The number of hydrogen-bond acceptors (Lipinski definition) is 3. The number of hydrogen-bond donors (Lipinski definition) is 0. The van der Waals surface area contributed by atoms with E-state index in [-0.39, 0.29) is 24.4 Å². The highest BCUT2D eigenvalue weighted by molar-refractivity contribution is 5.97. The molecule has 1 atom stereocenters. The van der Waals surface area contributed by atoms with Crippen molar-refractivity contribution in [3.8, 4) is 5.75 Å². The van der Waals surface area contributed by atoms with Crippen molar-refractivity contribution in [3.63, 3.8) is 0 Å². The Morgan fingerprint density at radius 1 is 0.906 bits per heavy atom. The van der Waals surface area contributed by atoms with Crippen LogP contribution in [0.25, 0.3) is 0 Å². The first kappa shape index (κ1) is 21.6. The molecule has 0 aliphatic carbocycles. The lowest BCUT2D eigenvalue weighted by Crippen LogP contribution is -2.57. The molecule has 164 valence electrons. The van der Waals surface area contributed by atoms with Gasteiger partial charge in [-0.25, -0.2) is 0 Å². The number of carbonyl (C=O) groups is 2. The number of methoxy groups -OCH3 is 1. The van der Waals surface area contributed by atoms with Gasteiger partial charge in [0.15, 0.2) is 0 Å². The quantitative estimate of drug-likeness (QED) is 0.567. The molecule has 0 radical (unpaired) electrons. The number of amides is 2. The van der Waals surface area contributed by atoms with Crippen LogP contribution in [0.1, 0.15) is 27.9 Å². The van der Waals surface area contributed by atoms with Crippen LogP contribution in [-0.2, 0) is 17.8 Å². The van der Waals surface area contributed by atoms with Crippen LogP contribution in [0.15, 0.2) is 84.9 Å². The van der Waals surface area contributed by atoms with Crippen molar-refractivity contribution < 1.29 is 14.3 Å². The second-order valence-electron chi connectivity index (χ2n) is 8.10. The van der Waals surface area contributed by atoms with Crippen molar-refractivity contribution in [1.29, 1.82) is 0 Å². The molecule has 0 saturated carbocycles. The predicted octanol–water partition coefficient (Wildman–Crippen LogP) is 4.18. The standard InChI is InChI=1S/C27H28N2O3/c1-32-25-16-13-23(14-17-25)27(31)28-19-24(15-12-21-8-4-2-5-9-21)29(26(30)20-28)18-22-10-6-3-7-11-22/h2-11,13-14,16-17,24H,12,15,18-20H2,1H3/t24-/m0/s1. The molecule has 32 heavy (non-hydrogen) atoms. The van der Waals surface area contributed by atoms with E-state index in [0.29, 0.717) is 24.4 Å². The fraction of sp³-hybridized carbons (Fsp3) is 0.259. The third kappa shape index (κ3) is 5.17. The molecule has 5 heteroatoms. The third-order valence-electron chi connectivity index (χ3n) is 5.95. The van der Waals surface area contributed by atoms with E-state index in [1.165, 1.54) is 5.56 Å². The van der Waals surface area contributed by atoms with Gasteiger partial charge in [-0.3, -0.25) is 9.59 Å². The molecule has 0 N–H and O–H groups in total. The zero-order chi connectivity index (χ0) is 22.3. The number of rotatable bonds is 7. The smallest absolute Gasteiger partial charge is 0.254 e. The van der Waals surface area contributed by atoms with E-state index >= 15 is 0 Å². The number of nitrogens with zero attached hydrogens (tertiary/aromatic N) is 2. The summed E-state index contributed by atoms with van der Waals surface area (Å²) in [5, 5.41) is 0. The summed E-state index contributed by atoms with van der Waals surface area (Å²) >= 11 is 0. The van der Waals surface area contributed by atoms with Gasteiger partial charge in [-0.05, 0) is 48.2 Å². The molecule has 5 nitrogen and oxygen atoms in total. The SMILES string of the molecule is COc1ccc(C(=O)N2CC(=O)N(Cc3ccccc3)[C@@H](CCc3ccccc3)C2)cc1. The number of benzene rings is 3. The summed E-state index contributed by atoms with van der Waals surface area (Å²) in [4.78, 5) is 29.9. The van der Waals surface area contributed by atoms with Crippen molar-refractivity contribution in [1.82, 2.24) is 9.80 Å². The lowest BCUT2D eigenvalue weighted by atomic mass is 10.00. The minimum absolute atomic E-state index is 0.0139. The minimum Gasteiger partial charge on any atom is -0.497 e. The lowest BCUT2D eigenvalue weighted by molar-refractivity contribution is -0.139. The van der Waals surface area contributed by atoms with E-state index in [1.54, 1.807) is 36.3 Å². The molecule has 3 aromatic carbocycles. The molecule has 3 aromatic rings. The van der Waals surface area contributed by atoms with Crippen LogP contribution >= 0.6 is 0 Å². The van der Waals surface area contributed by atoms with Crippen LogP contribution in [0.5, 0.6) is 5.75 Å². The largest absolute Gasteiger partial charge is 0.497 e. The zero-order valence-corrected chi connectivity index (χ0v) is 18.3. The summed E-state index contributed by atoms with van der Waals surface area (Å²) in [6.07, 6.45) is 1.66. The van der Waals surface area contributed by atoms with E-state index in [2.05, 4.69) is 12.1 Å². The number of aryl methyl sites for hydroxylation is 1. The molecule has 4 rings (SSSR count). The molecular weight excluding hydrogens is 400 g/mol. The van der Waals surface area contributed by atoms with Gasteiger partial charge >= 0.3 is 0 Å². The Bertz CT molecular complexity index is 1040. The molecule has 2 amide bonds. The number of piperazine rings is 1. The van der Waals surface area contributed by atoms with Crippen LogP contribution in [0.4, 0.5) is 0 Å². The predicted molar refractivity (Wildman–Crippen MR) is 124 cm³/mol. The first-order valence-corrected chi connectivity index (χ1v) is 10.9. The summed E-state index contributed by atoms with van der Waals surface area (Å²) < 4.78 is 5.19. The molecule has 1 fully saturated rings. The number of carbonyl (C=O) groups excluding carboxylic acids is 2. The highest BCUT2D eigenvalue weighted by Gasteiger charge is 2.34. The van der Waals surface area contributed by atoms with Gasteiger partial charge in [0.1, 0.15) is 12.3 Å². The fourth-order valence-electron chi connectivity index (χ4n) is 4.17. The molecule has 1 heterocycles. The van der Waals surface area contributed by atoms with Gasteiger partial charge in [0.05, 0.1) is 13.2 Å². The topological polar surface area (TPSA) is 49.9 Å². The fourth-order valence-corrected chi connectivity index (χ4v) is 4.17. The Kier molecular flexibility index (Phi) is 6.85. The first-order chi connectivity index (χ1) is 15.6. The maximum absolute atomic E-state index is 13.2. The van der Waals surface area contributed by atoms with Crippen molar-refractivity contribution in [2.75, 3.05) is 20.2 Å². The molecule has 0 unspecified atom stereocenters. The molecule has 1 aliphatic rings. The summed E-state index contributed by atoms with van der Waals surface area (Å²) in [5.41, 5.74) is 2.90. The highest BCUT2D eigenvalue weighted by Crippen LogP contribution is 2.22. The summed E-state index contributed by atoms with van der Waals surface area (Å²) in [6, 6.07) is 27.3. The van der Waals surface area contributed by atoms with E-state index < -0.39 is 0 Å². The summed E-state index contributed by atoms with van der Waals surface area (Å²) in [6.45, 7) is 1.18. The lowest BCUT2D eigenvalue weighted by Gasteiger charge is -2.41. The Morgan fingerprint density at radius 3 is 2.16 bits per heavy atom. The Labute approximate surface area is 189 Å². The molecule has 1 saturated heterocycles. The average Bonchev–Trinajstić information content (AvgIpc) is 2.85. The van der Waals surface area contributed by atoms with Gasteiger partial charge in [-0.2, -0.15) is 0 Å². The van der Waals surface area contributed by atoms with E-state index in [9.17, 15) is 9.59 Å². The van der Waals surface area contributed by atoms with Gasteiger partial charge in [-0.1, -0.05) is 60.7 Å². The first-order valence-electron chi connectivity index (χ1n) is 10.9. The maximum atomic E-state index is 13.2. The van der Waals surface area contributed by atoms with Gasteiger partial charge < -0.3 is 14.5 Å². The van der Waals surface area contributed by atoms with Crippen molar-refractivity contribution in [3.05, 3.63) is 102 Å². The van der Waals surface area contributed by atoms with Gasteiger partial charge in [0.25, 0.3) is 5.91 Å². The zero-order valence-electron chi connectivity index (χ0n) is 18.3. The van der Waals surface area contributed by atoms with Crippen molar-refractivity contribution in [2.45, 2.75) is 25.4 Å². The van der Waals surface area contributed by atoms with Crippen LogP contribution in [0.2, 0.25) is 0 Å². The second kappa shape index (κ2) is 10.1. The van der Waals surface area contributed by atoms with E-state index in [4.69, 9.17) is 4.74 Å². The van der Waals surface area contributed by atoms with Gasteiger partial charge in [0.2, 0.25) is 5.91 Å². The number of ether oxygens (including phenoxy) is 1. The summed E-state index contributed by atoms with van der Waals surface area (Å²) in [7, 11) is 1.60. The molecule has 0 bridgehead atoms. The van der Waals surface area contributed by atoms with Crippen LogP contribution in [0, 0.1) is 0 Å². The molecular formula is C27H28N2O3. The van der Waals surface area contributed by atoms with Gasteiger partial charge in [0, 0.05) is 18.7 Å². The van der Waals surface area contributed by atoms with Crippen LogP contribution in [-0.4, -0.2) is 47.9 Å². The molecule has 1 aliphatic heterocycles. The van der Waals surface area contributed by atoms with E-state index in [0.717, 1.165) is 18.4 Å². The Hall–Kier alpha value is -3.60. The molecule has 0 aromatic heterocycles. The minimum atomic E-state index is -0.120. The summed E-state index contributed by atoms with van der Waals surface area (Å²) in [5.74, 6) is 0.566. The van der Waals surface area contributed by atoms with Crippen LogP contribution < -0.4 is 4.74 Å². The van der Waals surface area contributed by atoms with E-state index in [1.807, 2.05) is 53.4 Å². The van der Waals surface area contributed by atoms with Crippen LogP contribution in [0.3, 0.4) is 0 Å². The maximum Gasteiger partial charge on any atom is 0.254 e. The highest BCUT2D eigenvalue weighted by atomic mass is 16.5. The average molecular weight is 429 g/mol. The monoisotopic (exact) mass is 428 g/mol.